The van der Waals surface area contributed by atoms with Gasteiger partial charge < -0.3 is 56.2 Å². The monoisotopic (exact) mass is 871 g/mol. The van der Waals surface area contributed by atoms with Crippen LogP contribution in [0.1, 0.15) is 15.9 Å². The molecule has 16 nitrogen and oxygen atoms in total. The summed E-state index contributed by atoms with van der Waals surface area (Å²) in [5.41, 5.74) is 4.55. The molecule has 0 fully saturated rings. The Morgan fingerprint density at radius 3 is 1.45 bits per heavy atom. The van der Waals surface area contributed by atoms with Gasteiger partial charge in [-0.3, -0.25) is 4.79 Å². The molecule has 0 saturated carbocycles. The molecule has 16 heteroatoms. The fourth-order valence-corrected chi connectivity index (χ4v) is 7.03. The molecule has 330 valence electrons. The van der Waals surface area contributed by atoms with Gasteiger partial charge in [-0.15, -0.1) is 0 Å². The third-order valence-electron chi connectivity index (χ3n) is 10.2. The highest BCUT2D eigenvalue weighted by Crippen LogP contribution is 2.47. The summed E-state index contributed by atoms with van der Waals surface area (Å²) < 4.78 is 65.9. The van der Waals surface area contributed by atoms with E-state index in [-0.39, 0.29) is 17.5 Å². The highest BCUT2D eigenvalue weighted by Gasteiger charge is 2.28. The fraction of sp³-hybridized carbons (Fsp3) is 0.208. The first-order chi connectivity index (χ1) is 31.2. The first kappa shape index (κ1) is 43.9. The summed E-state index contributed by atoms with van der Waals surface area (Å²) in [5, 5.41) is 1.28. The van der Waals surface area contributed by atoms with Gasteiger partial charge in [-0.1, -0.05) is 0 Å². The second kappa shape index (κ2) is 19.3. The van der Waals surface area contributed by atoms with Gasteiger partial charge in [-0.05, 0) is 84.4 Å². The molecule has 64 heavy (non-hydrogen) atoms. The molecule has 0 saturated heterocycles. The highest BCUT2D eigenvalue weighted by molar-refractivity contribution is 6.19. The van der Waals surface area contributed by atoms with Crippen molar-refractivity contribution in [2.75, 3.05) is 71.1 Å². The van der Waals surface area contributed by atoms with E-state index in [9.17, 15) is 4.79 Å². The molecule has 8 rings (SSSR count). The predicted octanol–water partition coefficient (Wildman–Crippen LogP) is 9.37. The average molecular weight is 872 g/mol. The van der Waals surface area contributed by atoms with E-state index < -0.39 is 0 Å². The lowest BCUT2D eigenvalue weighted by atomic mass is 9.97. The van der Waals surface area contributed by atoms with Gasteiger partial charge in [0.05, 0.1) is 82.0 Å². The predicted molar refractivity (Wildman–Crippen MR) is 238 cm³/mol. The number of hydrogen-bond donors (Lipinski definition) is 0. The molecule has 0 aliphatic rings. The van der Waals surface area contributed by atoms with Crippen molar-refractivity contribution in [3.63, 3.8) is 0 Å². The number of benzene rings is 4. The lowest BCUT2D eigenvalue weighted by Gasteiger charge is -2.14. The van der Waals surface area contributed by atoms with Crippen LogP contribution in [-0.2, 0) is 0 Å². The number of fused-ring (bicyclic) bond motifs is 2. The Balaban J connectivity index is 0.000000192. The molecule has 0 radical (unpaired) electrons. The number of furan rings is 2. The van der Waals surface area contributed by atoms with E-state index in [0.717, 1.165) is 27.8 Å². The van der Waals surface area contributed by atoms with Crippen LogP contribution in [0.2, 0.25) is 0 Å². The minimum absolute atomic E-state index is 0.129. The van der Waals surface area contributed by atoms with Crippen LogP contribution in [0, 0.1) is 0 Å². The molecule has 0 atom stereocenters. The lowest BCUT2D eigenvalue weighted by Crippen LogP contribution is -2.05. The number of pyridine rings is 1. The van der Waals surface area contributed by atoms with Gasteiger partial charge in [0.25, 0.3) is 0 Å². The van der Waals surface area contributed by atoms with Crippen molar-refractivity contribution in [2.45, 2.75) is 0 Å². The third-order valence-corrected chi connectivity index (χ3v) is 10.2. The maximum Gasteiger partial charge on any atom is 0.319 e. The molecule has 4 aromatic heterocycles. The van der Waals surface area contributed by atoms with Gasteiger partial charge in [-0.2, -0.15) is 9.97 Å². The molecule has 4 aromatic carbocycles. The molecule has 4 heterocycles. The van der Waals surface area contributed by atoms with Crippen molar-refractivity contribution in [3.8, 4) is 91.7 Å². The summed E-state index contributed by atoms with van der Waals surface area (Å²) in [6.07, 6.45) is 1.50. The summed E-state index contributed by atoms with van der Waals surface area (Å²) in [7, 11) is 15.5. The van der Waals surface area contributed by atoms with Gasteiger partial charge >= 0.3 is 6.01 Å². The maximum atomic E-state index is 13.8. The molecule has 0 aliphatic carbocycles. The molecule has 0 N–H and O–H groups in total. The third kappa shape index (κ3) is 8.40. The van der Waals surface area contributed by atoms with Gasteiger partial charge in [0.2, 0.25) is 28.8 Å². The topological polar surface area (TPSA) is 174 Å². The van der Waals surface area contributed by atoms with Crippen molar-refractivity contribution >= 4 is 28.0 Å². The SMILES string of the molecule is COc1ccc(-c2oc3nc(OC)ccc3c2-c2cc(OC)c(OC)c(OC)c2)cc1.COc1ccc(-c2oc3nc(OC)ncc3c2C(=O)c2cc(OC)c(OC)c(OC)c2)cc1. The molecule has 0 bridgehead atoms. The zero-order valence-corrected chi connectivity index (χ0v) is 36.8. The van der Waals surface area contributed by atoms with Crippen molar-refractivity contribution in [1.82, 2.24) is 15.0 Å². The van der Waals surface area contributed by atoms with E-state index in [4.69, 9.17) is 56.2 Å². The summed E-state index contributed by atoms with van der Waals surface area (Å²) in [6, 6.07) is 25.6. The normalized spacial score (nSPS) is 10.7. The standard InChI is InChI=1S/C24H22N2O7.C24H23NO6/c1-28-15-8-6-13(7-9-15)21-19(16-12-25-24(32-5)26-23(16)33-21)20(27)14-10-17(29-2)22(31-4)18(11-14)30-3;1-26-16-8-6-14(7-9-16)22-21(17-10-11-20(29-4)25-24(17)31-22)15-12-18(27-2)23(30-5)19(13-15)28-3/h6-12H,1-5H3;6-13H,1-5H3. The molecular formula is C48H45N3O13. The quantitative estimate of drug-likeness (QED) is 0.0890. The number of rotatable bonds is 15. The summed E-state index contributed by atoms with van der Waals surface area (Å²) in [4.78, 5) is 26.7. The average Bonchev–Trinajstić information content (AvgIpc) is 3.93. The van der Waals surface area contributed by atoms with Gasteiger partial charge in [0.1, 0.15) is 23.0 Å². The number of carbonyl (C=O) groups is 1. The van der Waals surface area contributed by atoms with Crippen LogP contribution in [0.4, 0.5) is 0 Å². The molecular weight excluding hydrogens is 827 g/mol. The Morgan fingerprint density at radius 2 is 0.969 bits per heavy atom. The maximum absolute atomic E-state index is 13.8. The number of nitrogens with zero attached hydrogens (tertiary/aromatic N) is 3. The Bertz CT molecular complexity index is 2870. The van der Waals surface area contributed by atoms with E-state index in [2.05, 4.69) is 15.0 Å². The zero-order valence-electron chi connectivity index (χ0n) is 36.8. The number of ether oxygens (including phenoxy) is 10. The van der Waals surface area contributed by atoms with Crippen molar-refractivity contribution in [2.24, 2.45) is 0 Å². The van der Waals surface area contributed by atoms with Crippen LogP contribution < -0.4 is 47.4 Å². The van der Waals surface area contributed by atoms with E-state index >= 15 is 0 Å². The smallest absolute Gasteiger partial charge is 0.319 e. The molecule has 0 spiro atoms. The zero-order chi connectivity index (χ0) is 45.5. The first-order valence-corrected chi connectivity index (χ1v) is 19.4. The van der Waals surface area contributed by atoms with Crippen LogP contribution >= 0.6 is 0 Å². The minimum Gasteiger partial charge on any atom is -0.497 e. The van der Waals surface area contributed by atoms with Crippen molar-refractivity contribution in [3.05, 3.63) is 102 Å². The van der Waals surface area contributed by atoms with E-state index in [1.807, 2.05) is 42.5 Å². The van der Waals surface area contributed by atoms with Crippen LogP contribution in [0.25, 0.3) is 56.0 Å². The van der Waals surface area contributed by atoms with E-state index in [1.165, 1.54) is 34.6 Å². The van der Waals surface area contributed by atoms with Crippen LogP contribution in [0.3, 0.4) is 0 Å². The molecule has 0 unspecified atom stereocenters. The van der Waals surface area contributed by atoms with Crippen molar-refractivity contribution in [1.29, 1.82) is 0 Å². The molecule has 8 aromatic rings. The second-order valence-electron chi connectivity index (χ2n) is 13.5. The largest absolute Gasteiger partial charge is 0.497 e. The number of aromatic nitrogens is 3. The number of methoxy groups -OCH3 is 10. The summed E-state index contributed by atoms with van der Waals surface area (Å²) in [5.74, 6) is 5.30. The molecule has 0 amide bonds. The Labute approximate surface area is 368 Å². The highest BCUT2D eigenvalue weighted by atomic mass is 16.5. The second-order valence-corrected chi connectivity index (χ2v) is 13.5. The number of hydrogen-bond acceptors (Lipinski definition) is 16. The molecule has 0 aliphatic heterocycles. The van der Waals surface area contributed by atoms with Crippen LogP contribution in [0.5, 0.6) is 57.9 Å². The van der Waals surface area contributed by atoms with Gasteiger partial charge in [-0.25, -0.2) is 4.98 Å². The van der Waals surface area contributed by atoms with Crippen LogP contribution in [0.15, 0.2) is 100.0 Å². The first-order valence-electron chi connectivity index (χ1n) is 19.4. The van der Waals surface area contributed by atoms with Crippen molar-refractivity contribution < 1.29 is 61.0 Å². The van der Waals surface area contributed by atoms with Crippen LogP contribution in [-0.4, -0.2) is 91.8 Å². The minimum atomic E-state index is -0.326. The number of ketones is 1. The lowest BCUT2D eigenvalue weighted by molar-refractivity contribution is 0.103. The van der Waals surface area contributed by atoms with Gasteiger partial charge in [0.15, 0.2) is 28.8 Å². The summed E-state index contributed by atoms with van der Waals surface area (Å²) in [6.45, 7) is 0. The van der Waals surface area contributed by atoms with Gasteiger partial charge in [0, 0.05) is 39.9 Å². The number of carbonyl (C=O) groups excluding carboxylic acids is 1. The Morgan fingerprint density at radius 1 is 0.469 bits per heavy atom. The Kier molecular flexibility index (Phi) is 13.2. The van der Waals surface area contributed by atoms with E-state index in [0.29, 0.717) is 85.4 Å². The van der Waals surface area contributed by atoms with E-state index in [1.54, 1.807) is 85.1 Å². The Hall–Kier alpha value is -8.14. The summed E-state index contributed by atoms with van der Waals surface area (Å²) >= 11 is 0. The fourth-order valence-electron chi connectivity index (χ4n) is 7.03.